The van der Waals surface area contributed by atoms with Crippen molar-refractivity contribution < 1.29 is 9.21 Å². The van der Waals surface area contributed by atoms with Crippen molar-refractivity contribution in [3.05, 3.63) is 93.5 Å². The van der Waals surface area contributed by atoms with Gasteiger partial charge in [0.25, 0.3) is 5.56 Å². The number of fused-ring (bicyclic) bond motifs is 1. The number of amides is 1. The lowest BCUT2D eigenvalue weighted by molar-refractivity contribution is -0.133. The Morgan fingerprint density at radius 3 is 2.79 bits per heavy atom. The zero-order valence-corrected chi connectivity index (χ0v) is 18.7. The number of piperidine rings is 1. The number of likely N-dealkylation sites (tertiary alicyclic amines) is 1. The lowest BCUT2D eigenvalue weighted by atomic mass is 9.98. The Bertz CT molecular complexity index is 1350. The first-order valence-electron chi connectivity index (χ1n) is 11.0. The van der Waals surface area contributed by atoms with Gasteiger partial charge in [-0.3, -0.25) is 9.59 Å². The highest BCUT2D eigenvalue weighted by Crippen LogP contribution is 2.27. The number of carbonyl (C=O) groups is 1. The van der Waals surface area contributed by atoms with Gasteiger partial charge in [-0.25, -0.2) is 9.67 Å². The number of aromatic nitrogens is 3. The first kappa shape index (κ1) is 21.4. The van der Waals surface area contributed by atoms with E-state index in [2.05, 4.69) is 10.1 Å². The van der Waals surface area contributed by atoms with Crippen molar-refractivity contribution in [1.82, 2.24) is 19.7 Å². The molecule has 1 aliphatic heterocycles. The number of benzene rings is 2. The van der Waals surface area contributed by atoms with Gasteiger partial charge in [-0.1, -0.05) is 41.9 Å². The van der Waals surface area contributed by atoms with Gasteiger partial charge in [-0.05, 0) is 36.6 Å². The van der Waals surface area contributed by atoms with E-state index in [0.717, 1.165) is 29.6 Å². The summed E-state index contributed by atoms with van der Waals surface area (Å²) in [7, 11) is 0. The zero-order valence-electron chi connectivity index (χ0n) is 18.0. The molecule has 1 amide bonds. The van der Waals surface area contributed by atoms with E-state index in [4.69, 9.17) is 16.0 Å². The number of oxazole rings is 1. The SMILES string of the molecule is O=C(Cn1ncc2ccccc2c1=O)N1CCCC(c2ncc(Cc3ccc(Cl)cc3)o2)C1. The molecular weight excluding hydrogens is 440 g/mol. The van der Waals surface area contributed by atoms with Crippen LogP contribution in [-0.2, 0) is 17.8 Å². The molecule has 3 heterocycles. The third kappa shape index (κ3) is 4.68. The molecule has 1 aliphatic rings. The van der Waals surface area contributed by atoms with Gasteiger partial charge in [0.2, 0.25) is 5.91 Å². The lowest BCUT2D eigenvalue weighted by Crippen LogP contribution is -2.42. The van der Waals surface area contributed by atoms with E-state index in [1.807, 2.05) is 42.5 Å². The number of nitrogens with zero attached hydrogens (tertiary/aromatic N) is 4. The molecule has 0 bridgehead atoms. The number of halogens is 1. The third-order valence-electron chi connectivity index (χ3n) is 6.03. The molecule has 4 aromatic rings. The highest BCUT2D eigenvalue weighted by atomic mass is 35.5. The van der Waals surface area contributed by atoms with Gasteiger partial charge in [0.15, 0.2) is 5.89 Å². The van der Waals surface area contributed by atoms with Crippen molar-refractivity contribution in [2.45, 2.75) is 31.7 Å². The topological polar surface area (TPSA) is 81.2 Å². The van der Waals surface area contributed by atoms with Crippen LogP contribution < -0.4 is 5.56 Å². The predicted octanol–water partition coefficient (Wildman–Crippen LogP) is 4.03. The largest absolute Gasteiger partial charge is 0.445 e. The summed E-state index contributed by atoms with van der Waals surface area (Å²) in [6.45, 7) is 1.09. The number of hydrogen-bond donors (Lipinski definition) is 0. The van der Waals surface area contributed by atoms with Crippen LogP contribution in [0, 0.1) is 0 Å². The smallest absolute Gasteiger partial charge is 0.275 e. The quantitative estimate of drug-likeness (QED) is 0.447. The van der Waals surface area contributed by atoms with Crippen LogP contribution in [0.25, 0.3) is 10.8 Å². The molecule has 2 aromatic carbocycles. The molecule has 7 nitrogen and oxygen atoms in total. The first-order valence-corrected chi connectivity index (χ1v) is 11.4. The van der Waals surface area contributed by atoms with Gasteiger partial charge < -0.3 is 9.32 Å². The van der Waals surface area contributed by atoms with Crippen LogP contribution in [0.4, 0.5) is 0 Å². The Kier molecular flexibility index (Phi) is 5.96. The Morgan fingerprint density at radius 2 is 1.94 bits per heavy atom. The van der Waals surface area contributed by atoms with E-state index < -0.39 is 0 Å². The van der Waals surface area contributed by atoms with E-state index in [9.17, 15) is 9.59 Å². The van der Waals surface area contributed by atoms with Gasteiger partial charge >= 0.3 is 0 Å². The molecule has 1 unspecified atom stereocenters. The van der Waals surface area contributed by atoms with Crippen LogP contribution in [0.5, 0.6) is 0 Å². The van der Waals surface area contributed by atoms with Crippen molar-refractivity contribution in [1.29, 1.82) is 0 Å². The predicted molar refractivity (Wildman–Crippen MR) is 125 cm³/mol. The summed E-state index contributed by atoms with van der Waals surface area (Å²) >= 11 is 5.95. The average molecular weight is 463 g/mol. The van der Waals surface area contributed by atoms with E-state index in [1.54, 1.807) is 23.4 Å². The highest BCUT2D eigenvalue weighted by Gasteiger charge is 2.28. The Balaban J connectivity index is 1.26. The molecule has 5 rings (SSSR count). The molecule has 0 aliphatic carbocycles. The first-order chi connectivity index (χ1) is 16.1. The monoisotopic (exact) mass is 462 g/mol. The number of hydrogen-bond acceptors (Lipinski definition) is 5. The second kappa shape index (κ2) is 9.19. The molecule has 168 valence electrons. The molecule has 0 saturated carbocycles. The second-order valence-electron chi connectivity index (χ2n) is 8.34. The summed E-state index contributed by atoms with van der Waals surface area (Å²) in [6, 6.07) is 14.9. The van der Waals surface area contributed by atoms with Crippen molar-refractivity contribution in [3.63, 3.8) is 0 Å². The van der Waals surface area contributed by atoms with E-state index in [1.165, 1.54) is 4.68 Å². The van der Waals surface area contributed by atoms with Gasteiger partial charge in [-0.2, -0.15) is 5.10 Å². The van der Waals surface area contributed by atoms with Crippen LogP contribution in [0.15, 0.2) is 70.1 Å². The fourth-order valence-corrected chi connectivity index (χ4v) is 4.40. The summed E-state index contributed by atoms with van der Waals surface area (Å²) in [5.74, 6) is 1.33. The zero-order chi connectivity index (χ0) is 22.8. The molecule has 0 radical (unpaired) electrons. The maximum Gasteiger partial charge on any atom is 0.275 e. The summed E-state index contributed by atoms with van der Waals surface area (Å²) < 4.78 is 7.26. The molecule has 0 N–H and O–H groups in total. The molecule has 8 heteroatoms. The molecule has 1 fully saturated rings. The second-order valence-corrected chi connectivity index (χ2v) is 8.78. The number of rotatable bonds is 5. The van der Waals surface area contributed by atoms with E-state index in [-0.39, 0.29) is 23.9 Å². The van der Waals surface area contributed by atoms with Crippen molar-refractivity contribution in [3.8, 4) is 0 Å². The molecule has 33 heavy (non-hydrogen) atoms. The minimum Gasteiger partial charge on any atom is -0.445 e. The van der Waals surface area contributed by atoms with Crippen LogP contribution in [0.3, 0.4) is 0 Å². The Morgan fingerprint density at radius 1 is 1.12 bits per heavy atom. The lowest BCUT2D eigenvalue weighted by Gasteiger charge is -2.31. The summed E-state index contributed by atoms with van der Waals surface area (Å²) in [6.07, 6.45) is 5.77. The van der Waals surface area contributed by atoms with Crippen LogP contribution >= 0.6 is 11.6 Å². The van der Waals surface area contributed by atoms with Crippen molar-refractivity contribution in [2.24, 2.45) is 0 Å². The van der Waals surface area contributed by atoms with Gasteiger partial charge in [0.1, 0.15) is 12.3 Å². The molecule has 1 atom stereocenters. The van der Waals surface area contributed by atoms with Gasteiger partial charge in [0, 0.05) is 29.9 Å². The third-order valence-corrected chi connectivity index (χ3v) is 6.29. The highest BCUT2D eigenvalue weighted by molar-refractivity contribution is 6.30. The molecule has 1 saturated heterocycles. The minimum absolute atomic E-state index is 0.0305. The van der Waals surface area contributed by atoms with Crippen molar-refractivity contribution in [2.75, 3.05) is 13.1 Å². The maximum atomic E-state index is 13.0. The van der Waals surface area contributed by atoms with E-state index in [0.29, 0.717) is 35.8 Å². The summed E-state index contributed by atoms with van der Waals surface area (Å²) in [5.41, 5.74) is 0.838. The normalized spacial score (nSPS) is 16.3. The van der Waals surface area contributed by atoms with Crippen LogP contribution in [0.1, 0.15) is 36.0 Å². The van der Waals surface area contributed by atoms with Gasteiger partial charge in [0.05, 0.1) is 23.7 Å². The fraction of sp³-hybridized carbons (Fsp3) is 0.280. The molecule has 0 spiro atoms. The molecular formula is C25H23ClN4O3. The fourth-order valence-electron chi connectivity index (χ4n) is 4.27. The summed E-state index contributed by atoms with van der Waals surface area (Å²) in [5, 5.41) is 6.21. The number of carbonyl (C=O) groups excluding carboxylic acids is 1. The average Bonchev–Trinajstić information content (AvgIpc) is 3.31. The Hall–Kier alpha value is -3.45. The standard InChI is InChI=1S/C25H23ClN4O3/c26-20-9-7-17(8-10-20)12-21-14-27-24(33-21)19-5-3-11-29(15-19)23(31)16-30-25(32)22-6-2-1-4-18(22)13-28-30/h1-2,4,6-10,13-14,19H,3,5,11-12,15-16H2. The van der Waals surface area contributed by atoms with E-state index >= 15 is 0 Å². The van der Waals surface area contributed by atoms with Crippen molar-refractivity contribution >= 4 is 28.3 Å². The Labute approximate surface area is 195 Å². The maximum absolute atomic E-state index is 13.0. The summed E-state index contributed by atoms with van der Waals surface area (Å²) in [4.78, 5) is 31.9. The minimum atomic E-state index is -0.255. The van der Waals surface area contributed by atoms with Crippen LogP contribution in [0.2, 0.25) is 5.02 Å². The van der Waals surface area contributed by atoms with Gasteiger partial charge in [-0.15, -0.1) is 0 Å². The van der Waals surface area contributed by atoms with Crippen LogP contribution in [-0.4, -0.2) is 38.7 Å². The molecule has 2 aromatic heterocycles.